The first-order chi connectivity index (χ1) is 17.0. The number of amides is 2. The maximum Gasteiger partial charge on any atom is 0.310 e. The summed E-state index contributed by atoms with van der Waals surface area (Å²) in [7, 11) is 0. The Labute approximate surface area is 202 Å². The lowest BCUT2D eigenvalue weighted by atomic mass is 10.1. The Morgan fingerprint density at radius 3 is 2.17 bits per heavy atom. The van der Waals surface area contributed by atoms with Gasteiger partial charge >= 0.3 is 5.91 Å². The number of aromatic amines is 1. The highest BCUT2D eigenvalue weighted by Gasteiger charge is 2.23. The molecule has 0 saturated carbocycles. The molecule has 178 valence electrons. The number of ketones is 1. The van der Waals surface area contributed by atoms with Crippen molar-refractivity contribution in [3.8, 4) is 11.5 Å². The number of ether oxygens (including phenoxy) is 2. The van der Waals surface area contributed by atoms with E-state index in [2.05, 4.69) is 15.8 Å². The molecule has 4 aromatic rings. The summed E-state index contributed by atoms with van der Waals surface area (Å²) in [5.74, 6) is -0.719. The summed E-state index contributed by atoms with van der Waals surface area (Å²) in [6.45, 7) is 4.57. The molecule has 1 aromatic heterocycles. The topological polar surface area (TPSA) is 110 Å². The van der Waals surface area contributed by atoms with E-state index in [-0.39, 0.29) is 5.56 Å². The van der Waals surface area contributed by atoms with Crippen molar-refractivity contribution < 1.29 is 23.9 Å². The maximum atomic E-state index is 12.7. The van der Waals surface area contributed by atoms with Crippen molar-refractivity contribution in [2.75, 3.05) is 6.61 Å². The quantitative estimate of drug-likeness (QED) is 0.204. The number of aryl methyl sites for hydroxylation is 1. The number of H-pyrrole nitrogens is 1. The van der Waals surface area contributed by atoms with E-state index in [1.807, 2.05) is 43.3 Å². The summed E-state index contributed by atoms with van der Waals surface area (Å²) < 4.78 is 11.2. The van der Waals surface area contributed by atoms with Gasteiger partial charge < -0.3 is 14.5 Å². The van der Waals surface area contributed by atoms with Gasteiger partial charge in [0.25, 0.3) is 11.7 Å². The number of nitrogens with one attached hydrogen (secondary N) is 3. The molecule has 35 heavy (non-hydrogen) atoms. The molecule has 0 aliphatic heterocycles. The fourth-order valence-corrected chi connectivity index (χ4v) is 3.64. The summed E-state index contributed by atoms with van der Waals surface area (Å²) in [5, 5.41) is 0.652. The van der Waals surface area contributed by atoms with Gasteiger partial charge in [0, 0.05) is 22.2 Å². The number of aromatic nitrogens is 1. The molecule has 1 heterocycles. The van der Waals surface area contributed by atoms with Crippen molar-refractivity contribution in [3.05, 3.63) is 95.2 Å². The number of hydrogen-bond acceptors (Lipinski definition) is 5. The van der Waals surface area contributed by atoms with Crippen LogP contribution in [0.15, 0.2) is 72.8 Å². The Bertz CT molecular complexity index is 1360. The molecule has 0 fully saturated rings. The zero-order valence-electron chi connectivity index (χ0n) is 19.4. The average molecular weight is 472 g/mol. The van der Waals surface area contributed by atoms with Crippen molar-refractivity contribution in [1.82, 2.24) is 15.8 Å². The second kappa shape index (κ2) is 10.6. The largest absolute Gasteiger partial charge is 0.494 e. The summed E-state index contributed by atoms with van der Waals surface area (Å²) in [4.78, 5) is 40.6. The number of carbonyl (C=O) groups is 3. The van der Waals surface area contributed by atoms with Crippen LogP contribution >= 0.6 is 0 Å². The molecule has 0 unspecified atom stereocenters. The number of Topliss-reactive ketones (excluding diaryl/α,β-unsaturated/α-hetero) is 1. The molecule has 8 heteroatoms. The molecule has 0 radical (unpaired) electrons. The maximum absolute atomic E-state index is 12.7. The first-order valence-corrected chi connectivity index (χ1v) is 11.1. The van der Waals surface area contributed by atoms with Crippen LogP contribution < -0.4 is 20.3 Å². The highest BCUT2D eigenvalue weighted by molar-refractivity contribution is 6.45. The van der Waals surface area contributed by atoms with Crippen molar-refractivity contribution in [3.63, 3.8) is 0 Å². The van der Waals surface area contributed by atoms with Gasteiger partial charge in [-0.05, 0) is 61.9 Å². The Morgan fingerprint density at radius 1 is 0.829 bits per heavy atom. The van der Waals surface area contributed by atoms with E-state index in [9.17, 15) is 14.4 Å². The van der Waals surface area contributed by atoms with E-state index in [4.69, 9.17) is 9.47 Å². The van der Waals surface area contributed by atoms with Gasteiger partial charge in [0.2, 0.25) is 0 Å². The van der Waals surface area contributed by atoms with Gasteiger partial charge in [0.1, 0.15) is 18.1 Å². The van der Waals surface area contributed by atoms with Gasteiger partial charge in [0.15, 0.2) is 0 Å². The monoisotopic (exact) mass is 471 g/mol. The number of para-hydroxylation sites is 1. The third-order valence-electron chi connectivity index (χ3n) is 5.37. The first-order valence-electron chi connectivity index (χ1n) is 11.1. The van der Waals surface area contributed by atoms with E-state index in [0.717, 1.165) is 16.8 Å². The third-order valence-corrected chi connectivity index (χ3v) is 5.37. The van der Waals surface area contributed by atoms with E-state index in [0.29, 0.717) is 35.6 Å². The van der Waals surface area contributed by atoms with Crippen LogP contribution in [0.5, 0.6) is 11.5 Å². The number of carbonyl (C=O) groups excluding carboxylic acids is 3. The van der Waals surface area contributed by atoms with Crippen LogP contribution in [0.3, 0.4) is 0 Å². The van der Waals surface area contributed by atoms with Crippen molar-refractivity contribution in [2.45, 2.75) is 20.5 Å². The fourth-order valence-electron chi connectivity index (χ4n) is 3.64. The number of benzene rings is 3. The van der Waals surface area contributed by atoms with Crippen LogP contribution in [0.1, 0.15) is 38.9 Å². The summed E-state index contributed by atoms with van der Waals surface area (Å²) in [6.07, 6.45) is 0. The fraction of sp³-hybridized carbons (Fsp3) is 0.148. The Kier molecular flexibility index (Phi) is 7.11. The van der Waals surface area contributed by atoms with Gasteiger partial charge in [0.05, 0.1) is 12.2 Å². The summed E-state index contributed by atoms with van der Waals surface area (Å²) in [6, 6.07) is 21.3. The number of hydrazine groups is 1. The van der Waals surface area contributed by atoms with Crippen molar-refractivity contribution in [1.29, 1.82) is 0 Å². The predicted molar refractivity (Wildman–Crippen MR) is 131 cm³/mol. The molecular weight excluding hydrogens is 446 g/mol. The summed E-state index contributed by atoms with van der Waals surface area (Å²) >= 11 is 0. The van der Waals surface area contributed by atoms with Gasteiger partial charge in [-0.1, -0.05) is 30.3 Å². The minimum atomic E-state index is -0.924. The molecular formula is C27H25N3O5. The Morgan fingerprint density at radius 2 is 1.49 bits per heavy atom. The molecule has 0 spiro atoms. The molecule has 0 aliphatic carbocycles. The van der Waals surface area contributed by atoms with E-state index in [1.165, 1.54) is 0 Å². The number of rotatable bonds is 8. The minimum absolute atomic E-state index is 0.282. The zero-order valence-corrected chi connectivity index (χ0v) is 19.4. The molecule has 0 atom stereocenters. The van der Waals surface area contributed by atoms with E-state index >= 15 is 0 Å². The van der Waals surface area contributed by atoms with Gasteiger partial charge in [-0.3, -0.25) is 25.2 Å². The standard InChI is InChI=1S/C27H25N3O5/c1-3-34-20-12-14-21(15-13-20)35-16-18-8-10-19(11-9-18)26(32)29-30-27(33)25(31)24-17(2)28-23-7-5-4-6-22(23)24/h4-15,28H,3,16H2,1-2H3,(H,29,32)(H,30,33). The molecule has 3 N–H and O–H groups in total. The molecule has 8 nitrogen and oxygen atoms in total. The Hall–Kier alpha value is -4.59. The predicted octanol–water partition coefficient (Wildman–Crippen LogP) is 4.10. The second-order valence-corrected chi connectivity index (χ2v) is 7.80. The zero-order chi connectivity index (χ0) is 24.8. The third kappa shape index (κ3) is 5.50. The Balaban J connectivity index is 1.30. The lowest BCUT2D eigenvalue weighted by molar-refractivity contribution is -0.117. The van der Waals surface area contributed by atoms with Gasteiger partial charge in [-0.15, -0.1) is 0 Å². The number of fused-ring (bicyclic) bond motifs is 1. The van der Waals surface area contributed by atoms with Crippen molar-refractivity contribution in [2.24, 2.45) is 0 Å². The molecule has 0 bridgehead atoms. The lowest BCUT2D eigenvalue weighted by Crippen LogP contribution is -2.45. The lowest BCUT2D eigenvalue weighted by Gasteiger charge is -2.09. The van der Waals surface area contributed by atoms with E-state index < -0.39 is 17.6 Å². The SMILES string of the molecule is CCOc1ccc(OCc2ccc(C(=O)NNC(=O)C(=O)c3c(C)[nH]c4ccccc34)cc2)cc1. The first kappa shape index (κ1) is 23.6. The van der Waals surface area contributed by atoms with Crippen LogP contribution in [0, 0.1) is 6.92 Å². The van der Waals surface area contributed by atoms with Crippen LogP contribution in [-0.2, 0) is 11.4 Å². The minimum Gasteiger partial charge on any atom is -0.494 e. The van der Waals surface area contributed by atoms with Crippen LogP contribution in [-0.4, -0.2) is 29.2 Å². The second-order valence-electron chi connectivity index (χ2n) is 7.80. The highest BCUT2D eigenvalue weighted by atomic mass is 16.5. The smallest absolute Gasteiger partial charge is 0.310 e. The normalized spacial score (nSPS) is 10.6. The average Bonchev–Trinajstić information content (AvgIpc) is 3.22. The molecule has 0 aliphatic rings. The van der Waals surface area contributed by atoms with Crippen molar-refractivity contribution >= 4 is 28.5 Å². The van der Waals surface area contributed by atoms with Crippen LogP contribution in [0.2, 0.25) is 0 Å². The molecule has 3 aromatic carbocycles. The van der Waals surface area contributed by atoms with Crippen LogP contribution in [0.4, 0.5) is 0 Å². The molecule has 2 amide bonds. The highest BCUT2D eigenvalue weighted by Crippen LogP contribution is 2.22. The summed E-state index contributed by atoms with van der Waals surface area (Å²) in [5.41, 5.74) is 7.30. The van der Waals surface area contributed by atoms with E-state index in [1.54, 1.807) is 43.3 Å². The van der Waals surface area contributed by atoms with Gasteiger partial charge in [-0.2, -0.15) is 0 Å². The van der Waals surface area contributed by atoms with Gasteiger partial charge in [-0.25, -0.2) is 0 Å². The number of hydrogen-bond donors (Lipinski definition) is 3. The molecule has 4 rings (SSSR count). The van der Waals surface area contributed by atoms with Crippen LogP contribution in [0.25, 0.3) is 10.9 Å². The molecule has 0 saturated heterocycles.